The van der Waals surface area contributed by atoms with Gasteiger partial charge in [-0.2, -0.15) is 0 Å². The van der Waals surface area contributed by atoms with Gasteiger partial charge in [0, 0.05) is 6.08 Å². The van der Waals surface area contributed by atoms with Crippen LogP contribution in [-0.2, 0) is 9.53 Å². The molecule has 1 rings (SSSR count). The molecule has 0 amide bonds. The molecule has 0 aliphatic heterocycles. The van der Waals surface area contributed by atoms with Crippen LogP contribution in [0.3, 0.4) is 0 Å². The molecule has 0 bridgehead atoms. The lowest BCUT2D eigenvalue weighted by Gasteiger charge is -2.28. The number of allylic oxidation sites excluding steroid dienone is 3. The van der Waals surface area contributed by atoms with Crippen molar-refractivity contribution in [2.75, 3.05) is 6.61 Å². The Morgan fingerprint density at radius 3 is 2.79 bits per heavy atom. The van der Waals surface area contributed by atoms with Gasteiger partial charge in [-0.15, -0.1) is 0 Å². The van der Waals surface area contributed by atoms with Crippen LogP contribution in [-0.4, -0.2) is 12.6 Å². The minimum absolute atomic E-state index is 0.198. The lowest BCUT2D eigenvalue weighted by Crippen LogP contribution is -2.19. The summed E-state index contributed by atoms with van der Waals surface area (Å²) in [4.78, 5) is 11.5. The van der Waals surface area contributed by atoms with Crippen molar-refractivity contribution in [3.8, 4) is 0 Å². The van der Waals surface area contributed by atoms with Crippen LogP contribution in [0.2, 0.25) is 0 Å². The van der Waals surface area contributed by atoms with E-state index in [1.54, 1.807) is 6.08 Å². The molecule has 1 atom stereocenters. The molecular formula is C17H28O2. The van der Waals surface area contributed by atoms with Crippen molar-refractivity contribution in [2.24, 2.45) is 11.3 Å². The minimum atomic E-state index is -0.198. The monoisotopic (exact) mass is 264 g/mol. The zero-order valence-corrected chi connectivity index (χ0v) is 12.9. The molecule has 0 aromatic rings. The molecule has 2 nitrogen and oxygen atoms in total. The van der Waals surface area contributed by atoms with Gasteiger partial charge in [0.1, 0.15) is 0 Å². The molecule has 0 radical (unpaired) electrons. The molecule has 108 valence electrons. The predicted octanol–water partition coefficient (Wildman–Crippen LogP) is 4.66. The quantitative estimate of drug-likeness (QED) is 0.289. The molecule has 1 unspecified atom stereocenters. The Morgan fingerprint density at radius 1 is 1.47 bits per heavy atom. The normalized spacial score (nSPS) is 21.7. The summed E-state index contributed by atoms with van der Waals surface area (Å²) in [7, 11) is 0. The number of esters is 1. The Hall–Kier alpha value is -1.05. The summed E-state index contributed by atoms with van der Waals surface area (Å²) in [5.41, 5.74) is 1.73. The largest absolute Gasteiger partial charge is 0.463 e. The Balaban J connectivity index is 2.25. The van der Waals surface area contributed by atoms with Gasteiger partial charge in [0.25, 0.3) is 0 Å². The first-order valence-corrected chi connectivity index (χ1v) is 7.49. The Morgan fingerprint density at radius 2 is 2.21 bits per heavy atom. The van der Waals surface area contributed by atoms with Gasteiger partial charge < -0.3 is 4.74 Å². The molecule has 1 aliphatic rings. The molecule has 19 heavy (non-hydrogen) atoms. The van der Waals surface area contributed by atoms with Gasteiger partial charge in [-0.05, 0) is 37.5 Å². The number of carbonyl (C=O) groups excluding carboxylic acids is 1. The van der Waals surface area contributed by atoms with Crippen LogP contribution >= 0.6 is 0 Å². The maximum atomic E-state index is 11.5. The second-order valence-corrected chi connectivity index (χ2v) is 6.05. The number of hydrogen-bond donors (Lipinski definition) is 0. The Labute approximate surface area is 117 Å². The predicted molar refractivity (Wildman–Crippen MR) is 79.9 cm³/mol. The van der Waals surface area contributed by atoms with E-state index >= 15 is 0 Å². The number of hydrogen-bond acceptors (Lipinski definition) is 2. The van der Waals surface area contributed by atoms with E-state index in [0.717, 1.165) is 32.1 Å². The second-order valence-electron chi connectivity index (χ2n) is 6.05. The van der Waals surface area contributed by atoms with E-state index in [1.807, 2.05) is 6.08 Å². The summed E-state index contributed by atoms with van der Waals surface area (Å²) in [6.45, 7) is 9.46. The van der Waals surface area contributed by atoms with E-state index in [0.29, 0.717) is 12.5 Å². The molecule has 0 heterocycles. The van der Waals surface area contributed by atoms with Crippen molar-refractivity contribution in [2.45, 2.75) is 59.8 Å². The fraction of sp³-hybridized carbons (Fsp3) is 0.706. The van der Waals surface area contributed by atoms with E-state index in [-0.39, 0.29) is 11.4 Å². The summed E-state index contributed by atoms with van der Waals surface area (Å²) >= 11 is 0. The summed E-state index contributed by atoms with van der Waals surface area (Å²) in [6, 6.07) is 0. The molecule has 0 N–H and O–H groups in total. The van der Waals surface area contributed by atoms with Crippen LogP contribution in [0.25, 0.3) is 0 Å². The number of ether oxygens (including phenoxy) is 1. The standard InChI is InChI=1S/C17H28O2/c1-5-6-7-13-19-16(18)10-8-9-15-12-11-14(2)17(15,3)4/h8,10-11,15H,5-7,9,12-13H2,1-4H3. The average molecular weight is 264 g/mol. The van der Waals surface area contributed by atoms with Crippen molar-refractivity contribution in [3.05, 3.63) is 23.8 Å². The van der Waals surface area contributed by atoms with Crippen LogP contribution in [0.4, 0.5) is 0 Å². The maximum absolute atomic E-state index is 11.5. The third-order valence-electron chi connectivity index (χ3n) is 4.41. The molecule has 2 heteroatoms. The highest BCUT2D eigenvalue weighted by Gasteiger charge is 2.33. The van der Waals surface area contributed by atoms with Crippen molar-refractivity contribution >= 4 is 5.97 Å². The van der Waals surface area contributed by atoms with E-state index in [2.05, 4.69) is 33.8 Å². The lowest BCUT2D eigenvalue weighted by atomic mass is 9.76. The number of unbranched alkanes of at least 4 members (excludes halogenated alkanes) is 2. The third kappa shape index (κ3) is 4.85. The van der Waals surface area contributed by atoms with Gasteiger partial charge in [0.2, 0.25) is 0 Å². The van der Waals surface area contributed by atoms with Crippen LogP contribution in [0.1, 0.15) is 59.8 Å². The SMILES string of the molecule is CCCCCOC(=O)C=CCC1CC=C(C)C1(C)C. The van der Waals surface area contributed by atoms with Crippen LogP contribution in [0, 0.1) is 11.3 Å². The third-order valence-corrected chi connectivity index (χ3v) is 4.41. The number of carbonyl (C=O) groups is 1. The van der Waals surface area contributed by atoms with E-state index < -0.39 is 0 Å². The summed E-state index contributed by atoms with van der Waals surface area (Å²) in [5.74, 6) is 0.410. The van der Waals surface area contributed by atoms with Crippen molar-refractivity contribution in [3.63, 3.8) is 0 Å². The highest BCUT2D eigenvalue weighted by Crippen LogP contribution is 2.44. The van der Waals surface area contributed by atoms with Crippen molar-refractivity contribution < 1.29 is 9.53 Å². The van der Waals surface area contributed by atoms with Gasteiger partial charge in [-0.25, -0.2) is 4.79 Å². The zero-order chi connectivity index (χ0) is 14.3. The van der Waals surface area contributed by atoms with Gasteiger partial charge >= 0.3 is 5.97 Å². The van der Waals surface area contributed by atoms with Crippen molar-refractivity contribution in [1.29, 1.82) is 0 Å². The molecular weight excluding hydrogens is 236 g/mol. The van der Waals surface area contributed by atoms with Crippen LogP contribution in [0.15, 0.2) is 23.8 Å². The smallest absolute Gasteiger partial charge is 0.330 e. The molecule has 0 spiro atoms. The molecule has 1 aliphatic carbocycles. The van der Waals surface area contributed by atoms with Gasteiger partial charge in [-0.3, -0.25) is 0 Å². The Bertz CT molecular complexity index is 350. The van der Waals surface area contributed by atoms with Crippen LogP contribution < -0.4 is 0 Å². The molecule has 0 fully saturated rings. The second kappa shape index (κ2) is 7.52. The fourth-order valence-electron chi connectivity index (χ4n) is 2.49. The first-order chi connectivity index (χ1) is 8.98. The van der Waals surface area contributed by atoms with Gasteiger partial charge in [-0.1, -0.05) is 51.3 Å². The minimum Gasteiger partial charge on any atom is -0.463 e. The van der Waals surface area contributed by atoms with E-state index in [4.69, 9.17) is 4.74 Å². The van der Waals surface area contributed by atoms with Crippen molar-refractivity contribution in [1.82, 2.24) is 0 Å². The topological polar surface area (TPSA) is 26.3 Å². The average Bonchev–Trinajstić information content (AvgIpc) is 2.61. The molecule has 0 aromatic heterocycles. The Kier molecular flexibility index (Phi) is 6.33. The molecule has 0 aromatic carbocycles. The van der Waals surface area contributed by atoms with Gasteiger partial charge in [0.15, 0.2) is 0 Å². The van der Waals surface area contributed by atoms with Crippen LogP contribution in [0.5, 0.6) is 0 Å². The number of rotatable bonds is 7. The highest BCUT2D eigenvalue weighted by molar-refractivity contribution is 5.81. The first-order valence-electron chi connectivity index (χ1n) is 7.49. The maximum Gasteiger partial charge on any atom is 0.330 e. The summed E-state index contributed by atoms with van der Waals surface area (Å²) < 4.78 is 5.14. The van der Waals surface area contributed by atoms with Gasteiger partial charge in [0.05, 0.1) is 6.61 Å². The molecule has 0 saturated heterocycles. The lowest BCUT2D eigenvalue weighted by molar-refractivity contribution is -0.137. The zero-order valence-electron chi connectivity index (χ0n) is 12.9. The summed E-state index contributed by atoms with van der Waals surface area (Å²) in [6.07, 6.45) is 11.2. The fourth-order valence-corrected chi connectivity index (χ4v) is 2.49. The first kappa shape index (κ1) is 16.0. The highest BCUT2D eigenvalue weighted by atomic mass is 16.5. The summed E-state index contributed by atoms with van der Waals surface area (Å²) in [5, 5.41) is 0. The molecule has 0 saturated carbocycles. The van der Waals surface area contributed by atoms with E-state index in [9.17, 15) is 4.79 Å². The van der Waals surface area contributed by atoms with E-state index in [1.165, 1.54) is 5.57 Å².